The Labute approximate surface area is 122 Å². The van der Waals surface area contributed by atoms with Gasteiger partial charge in [-0.1, -0.05) is 29.3 Å². The van der Waals surface area contributed by atoms with E-state index in [4.69, 9.17) is 23.2 Å². The van der Waals surface area contributed by atoms with Crippen molar-refractivity contribution in [3.8, 4) is 0 Å². The first-order valence-electron chi connectivity index (χ1n) is 5.43. The molecular formula is C13H11Cl2NO2S. The lowest BCUT2D eigenvalue weighted by Crippen LogP contribution is -2.14. The predicted molar refractivity (Wildman–Crippen MR) is 78.4 cm³/mol. The molecule has 0 fully saturated rings. The zero-order valence-corrected chi connectivity index (χ0v) is 12.4. The molecule has 0 radical (unpaired) electrons. The molecule has 0 atom stereocenters. The number of hydrogen-bond donors (Lipinski definition) is 1. The summed E-state index contributed by atoms with van der Waals surface area (Å²) in [5, 5.41) is 0.965. The van der Waals surface area contributed by atoms with E-state index in [9.17, 15) is 8.42 Å². The summed E-state index contributed by atoms with van der Waals surface area (Å²) < 4.78 is 27.0. The summed E-state index contributed by atoms with van der Waals surface area (Å²) in [7, 11) is -3.64. The third-order valence-corrected chi connectivity index (χ3v) is 4.52. The topological polar surface area (TPSA) is 46.2 Å². The van der Waals surface area contributed by atoms with Crippen LogP contribution in [-0.2, 0) is 10.0 Å². The summed E-state index contributed by atoms with van der Waals surface area (Å²) in [6.07, 6.45) is 0. The highest BCUT2D eigenvalue weighted by molar-refractivity contribution is 7.92. The molecule has 0 aliphatic rings. The van der Waals surface area contributed by atoms with Crippen LogP contribution in [0.25, 0.3) is 0 Å². The molecule has 6 heteroatoms. The summed E-state index contributed by atoms with van der Waals surface area (Å²) in [6.45, 7) is 1.69. The summed E-state index contributed by atoms with van der Waals surface area (Å²) in [5.41, 5.74) is 1.00. The van der Waals surface area contributed by atoms with Gasteiger partial charge in [0.05, 0.1) is 10.6 Å². The van der Waals surface area contributed by atoms with Crippen LogP contribution >= 0.6 is 23.2 Å². The van der Waals surface area contributed by atoms with Gasteiger partial charge in [0, 0.05) is 10.0 Å². The highest BCUT2D eigenvalue weighted by atomic mass is 35.5. The number of anilines is 1. The zero-order valence-electron chi connectivity index (χ0n) is 10.0. The number of sulfonamides is 1. The van der Waals surface area contributed by atoms with E-state index < -0.39 is 10.0 Å². The molecule has 0 bridgehead atoms. The second-order valence-electron chi connectivity index (χ2n) is 4.03. The van der Waals surface area contributed by atoms with Crippen molar-refractivity contribution in [2.75, 3.05) is 4.72 Å². The monoisotopic (exact) mass is 315 g/mol. The van der Waals surface area contributed by atoms with Crippen LogP contribution in [0.1, 0.15) is 5.56 Å². The second kappa shape index (κ2) is 5.41. The van der Waals surface area contributed by atoms with E-state index in [1.165, 1.54) is 6.07 Å². The minimum atomic E-state index is -3.64. The maximum Gasteiger partial charge on any atom is 0.262 e. The molecule has 0 aliphatic carbocycles. The summed E-state index contributed by atoms with van der Waals surface area (Å²) in [6, 6.07) is 11.2. The van der Waals surface area contributed by atoms with Gasteiger partial charge < -0.3 is 0 Å². The molecule has 0 heterocycles. The largest absolute Gasteiger partial charge is 0.280 e. The Hall–Kier alpha value is -1.23. The quantitative estimate of drug-likeness (QED) is 0.926. The average molecular weight is 316 g/mol. The summed E-state index contributed by atoms with van der Waals surface area (Å²) in [4.78, 5) is 0.192. The third kappa shape index (κ3) is 3.41. The molecule has 100 valence electrons. The predicted octanol–water partition coefficient (Wildman–Crippen LogP) is 4.10. The van der Waals surface area contributed by atoms with Crippen LogP contribution in [0, 0.1) is 6.92 Å². The second-order valence-corrected chi connectivity index (χ2v) is 6.55. The zero-order chi connectivity index (χ0) is 14.0. The molecule has 0 amide bonds. The molecule has 19 heavy (non-hydrogen) atoms. The lowest BCUT2D eigenvalue weighted by atomic mass is 10.2. The van der Waals surface area contributed by atoms with Crippen LogP contribution in [0.15, 0.2) is 47.4 Å². The SMILES string of the molecule is Cc1cc(Cl)ccc1S(=O)(=O)Nc1cccc(Cl)c1. The standard InChI is InChI=1S/C13H11Cl2NO2S/c1-9-7-11(15)5-6-13(9)19(17,18)16-12-4-2-3-10(14)8-12/h2-8,16H,1H3. The highest BCUT2D eigenvalue weighted by Gasteiger charge is 2.17. The smallest absolute Gasteiger partial charge is 0.262 e. The highest BCUT2D eigenvalue weighted by Crippen LogP contribution is 2.23. The molecule has 2 aromatic carbocycles. The fraction of sp³-hybridized carbons (Fsp3) is 0.0769. The fourth-order valence-electron chi connectivity index (χ4n) is 1.68. The van der Waals surface area contributed by atoms with Crippen molar-refractivity contribution in [2.24, 2.45) is 0 Å². The minimum Gasteiger partial charge on any atom is -0.280 e. The molecule has 3 nitrogen and oxygen atoms in total. The van der Waals surface area contributed by atoms with Gasteiger partial charge in [-0.15, -0.1) is 0 Å². The van der Waals surface area contributed by atoms with Crippen LogP contribution < -0.4 is 4.72 Å². The Bertz CT molecular complexity index is 714. The molecule has 2 aromatic rings. The van der Waals surface area contributed by atoms with Crippen LogP contribution in [-0.4, -0.2) is 8.42 Å². The molecule has 0 aliphatic heterocycles. The van der Waals surface area contributed by atoms with Crippen molar-refractivity contribution < 1.29 is 8.42 Å². The van der Waals surface area contributed by atoms with Crippen molar-refractivity contribution in [1.29, 1.82) is 0 Å². The van der Waals surface area contributed by atoms with E-state index in [1.807, 2.05) is 0 Å². The van der Waals surface area contributed by atoms with Gasteiger partial charge in [0.2, 0.25) is 0 Å². The Balaban J connectivity index is 2.38. The van der Waals surface area contributed by atoms with Crippen molar-refractivity contribution in [3.63, 3.8) is 0 Å². The molecule has 0 spiro atoms. The summed E-state index contributed by atoms with van der Waals surface area (Å²) >= 11 is 11.6. The lowest BCUT2D eigenvalue weighted by Gasteiger charge is -2.10. The van der Waals surface area contributed by atoms with Gasteiger partial charge in [0.1, 0.15) is 0 Å². The maximum atomic E-state index is 12.2. The lowest BCUT2D eigenvalue weighted by molar-refractivity contribution is 0.600. The van der Waals surface area contributed by atoms with Gasteiger partial charge in [-0.2, -0.15) is 0 Å². The van der Waals surface area contributed by atoms with E-state index in [0.717, 1.165) is 0 Å². The molecular weight excluding hydrogens is 305 g/mol. The number of halogens is 2. The van der Waals surface area contributed by atoms with Gasteiger partial charge in [-0.05, 0) is 48.9 Å². The Kier molecular flexibility index (Phi) is 4.04. The number of aryl methyl sites for hydroxylation is 1. The van der Waals surface area contributed by atoms with E-state index in [-0.39, 0.29) is 4.90 Å². The van der Waals surface area contributed by atoms with Crippen molar-refractivity contribution in [2.45, 2.75) is 11.8 Å². The summed E-state index contributed by atoms with van der Waals surface area (Å²) in [5.74, 6) is 0. The third-order valence-electron chi connectivity index (χ3n) is 2.50. The van der Waals surface area contributed by atoms with Crippen molar-refractivity contribution in [1.82, 2.24) is 0 Å². The first-order valence-corrected chi connectivity index (χ1v) is 7.67. The van der Waals surface area contributed by atoms with Gasteiger partial charge in [0.25, 0.3) is 10.0 Å². The molecule has 1 N–H and O–H groups in total. The average Bonchev–Trinajstić information content (AvgIpc) is 2.27. The van der Waals surface area contributed by atoms with Crippen LogP contribution in [0.3, 0.4) is 0 Å². The van der Waals surface area contributed by atoms with E-state index in [0.29, 0.717) is 21.3 Å². The molecule has 0 aromatic heterocycles. The fourth-order valence-corrected chi connectivity index (χ4v) is 3.37. The Morgan fingerprint density at radius 2 is 1.68 bits per heavy atom. The van der Waals surface area contributed by atoms with E-state index in [1.54, 1.807) is 43.3 Å². The molecule has 0 unspecified atom stereocenters. The van der Waals surface area contributed by atoms with Gasteiger partial charge in [-0.25, -0.2) is 8.42 Å². The van der Waals surface area contributed by atoms with E-state index in [2.05, 4.69) is 4.72 Å². The van der Waals surface area contributed by atoms with Crippen LogP contribution in [0.2, 0.25) is 10.0 Å². The Morgan fingerprint density at radius 1 is 1.00 bits per heavy atom. The molecule has 0 saturated heterocycles. The molecule has 2 rings (SSSR count). The minimum absolute atomic E-state index is 0.192. The Morgan fingerprint density at radius 3 is 2.32 bits per heavy atom. The number of rotatable bonds is 3. The van der Waals surface area contributed by atoms with Gasteiger partial charge >= 0.3 is 0 Å². The van der Waals surface area contributed by atoms with Crippen LogP contribution in [0.5, 0.6) is 0 Å². The normalized spacial score (nSPS) is 11.3. The van der Waals surface area contributed by atoms with Crippen LogP contribution in [0.4, 0.5) is 5.69 Å². The maximum absolute atomic E-state index is 12.2. The van der Waals surface area contributed by atoms with Gasteiger partial charge in [-0.3, -0.25) is 4.72 Å². The first-order chi connectivity index (χ1) is 8.88. The number of hydrogen-bond acceptors (Lipinski definition) is 2. The number of benzene rings is 2. The van der Waals surface area contributed by atoms with Crippen molar-refractivity contribution in [3.05, 3.63) is 58.1 Å². The van der Waals surface area contributed by atoms with Crippen molar-refractivity contribution >= 4 is 38.9 Å². The number of nitrogens with one attached hydrogen (secondary N) is 1. The molecule has 0 saturated carbocycles. The van der Waals surface area contributed by atoms with E-state index >= 15 is 0 Å². The first kappa shape index (κ1) is 14.2. The van der Waals surface area contributed by atoms with Gasteiger partial charge in [0.15, 0.2) is 0 Å².